The number of benzene rings is 2. The first-order chi connectivity index (χ1) is 10.3. The van der Waals surface area contributed by atoms with Gasteiger partial charge >= 0.3 is 57.5 Å². The monoisotopic (exact) mass is 382 g/mol. The first-order valence-electron chi connectivity index (χ1n) is 5.84. The smallest absolute Gasteiger partial charge is 0.550 e. The molecule has 0 amide bonds. The molecule has 0 saturated heterocycles. The van der Waals surface area contributed by atoms with Gasteiger partial charge in [0.15, 0.2) is 0 Å². The third kappa shape index (κ3) is 12.5. The summed E-state index contributed by atoms with van der Waals surface area (Å²) in [6.45, 7) is 0.972. The van der Waals surface area contributed by atoms with Crippen LogP contribution in [0.25, 0.3) is 11.1 Å². The van der Waals surface area contributed by atoms with Crippen LogP contribution in [0.2, 0.25) is 10.0 Å². The van der Waals surface area contributed by atoms with Crippen LogP contribution in [0.15, 0.2) is 48.5 Å². The van der Waals surface area contributed by atoms with Crippen molar-refractivity contribution in [3.63, 3.8) is 0 Å². The summed E-state index contributed by atoms with van der Waals surface area (Å²) in [4.78, 5) is 17.4. The van der Waals surface area contributed by atoms with Crippen LogP contribution in [0.4, 0.5) is 4.79 Å². The first kappa shape index (κ1) is 24.6. The summed E-state index contributed by atoms with van der Waals surface area (Å²) in [7, 11) is 0. The van der Waals surface area contributed by atoms with Crippen LogP contribution < -0.4 is 56.5 Å². The van der Waals surface area contributed by atoms with Gasteiger partial charge in [-0.05, 0) is 18.6 Å². The van der Waals surface area contributed by atoms with Gasteiger partial charge in [0.1, 0.15) is 0 Å². The van der Waals surface area contributed by atoms with Gasteiger partial charge in [-0.25, -0.2) is 4.79 Å². The van der Waals surface area contributed by atoms with Gasteiger partial charge in [-0.15, -0.1) is 0 Å². The Hall–Kier alpha value is -0.604. The van der Waals surface area contributed by atoms with E-state index in [0.717, 1.165) is 18.1 Å². The summed E-state index contributed by atoms with van der Waals surface area (Å²) in [6.07, 6.45) is -1.83. The minimum Gasteiger partial charge on any atom is -0.550 e. The molecule has 23 heavy (non-hydrogen) atoms. The van der Waals surface area contributed by atoms with Gasteiger partial charge in [0.2, 0.25) is 0 Å². The molecule has 118 valence electrons. The fraction of sp³-hybridized carbons (Fsp3) is 0.0667. The third-order valence-corrected chi connectivity index (χ3v) is 2.86. The maximum absolute atomic E-state index is 8.89. The van der Waals surface area contributed by atoms with Crippen molar-refractivity contribution < 1.29 is 76.3 Å². The Balaban J connectivity index is 0. The maximum atomic E-state index is 8.89. The molecule has 2 aromatic rings. The van der Waals surface area contributed by atoms with E-state index in [0.29, 0.717) is 10.0 Å². The van der Waals surface area contributed by atoms with E-state index in [1.165, 1.54) is 0 Å². The van der Waals surface area contributed by atoms with Crippen molar-refractivity contribution in [3.8, 4) is 11.1 Å². The molecule has 0 radical (unpaired) electrons. The van der Waals surface area contributed by atoms with E-state index in [2.05, 4.69) is 0 Å². The summed E-state index contributed by atoms with van der Waals surface area (Å²) in [5.41, 5.74) is 2.06. The van der Waals surface area contributed by atoms with Crippen LogP contribution in [-0.4, -0.2) is 22.3 Å². The van der Waals surface area contributed by atoms with E-state index in [1.54, 1.807) is 6.07 Å². The van der Waals surface area contributed by atoms with Crippen molar-refractivity contribution in [3.05, 3.63) is 58.6 Å². The van der Waals surface area contributed by atoms with Crippen LogP contribution in [0.1, 0.15) is 6.92 Å². The molecule has 0 saturated carbocycles. The van der Waals surface area contributed by atoms with Gasteiger partial charge in [0.05, 0.1) is 10.0 Å². The second-order valence-corrected chi connectivity index (χ2v) is 4.53. The van der Waals surface area contributed by atoms with Crippen molar-refractivity contribution in [2.75, 3.05) is 0 Å². The number of halogens is 2. The van der Waals surface area contributed by atoms with E-state index < -0.39 is 12.1 Å². The predicted octanol–water partition coefficient (Wildman–Crippen LogP) is 0.643. The average molecular weight is 383 g/mol. The molecular formula is C15H13Cl2KO5. The second-order valence-electron chi connectivity index (χ2n) is 3.74. The molecular weight excluding hydrogens is 370 g/mol. The number of rotatable bonds is 1. The molecule has 0 aliphatic heterocycles. The molecule has 0 aliphatic rings. The molecule has 8 heteroatoms. The summed E-state index contributed by atoms with van der Waals surface area (Å²) < 4.78 is 0. The standard InChI is InChI=1S/C12H8Cl2.C2H4O2.CH2O3.K/c13-11-8-4-7-10(12(11)14)9-5-2-1-3-6-9;1-2(3)4;2-1(3)4;/h1-8H;1H3,(H,3,4);(H2,2,3,4);/q;;;+1/p-1. The Kier molecular flexibility index (Phi) is 14.8. The number of carbonyl (C=O) groups is 2. The van der Waals surface area contributed by atoms with E-state index in [9.17, 15) is 0 Å². The molecule has 2 rings (SSSR count). The van der Waals surface area contributed by atoms with Gasteiger partial charge < -0.3 is 20.1 Å². The molecule has 2 N–H and O–H groups in total. The SMILES string of the molecule is CC(=O)[O-].Clc1cccc(-c2ccccc2)c1Cl.O=C(O)O.[K+]. The average Bonchev–Trinajstić information content (AvgIpc) is 2.42. The zero-order chi connectivity index (χ0) is 17.1. The van der Waals surface area contributed by atoms with Gasteiger partial charge in [0, 0.05) is 11.5 Å². The van der Waals surface area contributed by atoms with Crippen LogP contribution in [0.5, 0.6) is 0 Å². The summed E-state index contributed by atoms with van der Waals surface area (Å²) in [5.74, 6) is -1.08. The van der Waals surface area contributed by atoms with Gasteiger partial charge in [0.25, 0.3) is 0 Å². The van der Waals surface area contributed by atoms with Crippen molar-refractivity contribution in [1.29, 1.82) is 0 Å². The normalized spacial score (nSPS) is 8.30. The molecule has 0 heterocycles. The molecule has 0 atom stereocenters. The Morgan fingerprint density at radius 2 is 1.39 bits per heavy atom. The second kappa shape index (κ2) is 13.8. The van der Waals surface area contributed by atoms with Crippen molar-refractivity contribution in [2.24, 2.45) is 0 Å². The van der Waals surface area contributed by atoms with E-state index in [4.69, 9.17) is 48.1 Å². The van der Waals surface area contributed by atoms with Crippen LogP contribution >= 0.6 is 23.2 Å². The minimum atomic E-state index is -1.83. The van der Waals surface area contributed by atoms with Crippen LogP contribution in [-0.2, 0) is 4.79 Å². The number of hydrogen-bond acceptors (Lipinski definition) is 3. The maximum Gasteiger partial charge on any atom is 1.00 e. The first-order valence-corrected chi connectivity index (χ1v) is 6.60. The Bertz CT molecular complexity index is 601. The zero-order valence-electron chi connectivity index (χ0n) is 12.5. The zero-order valence-corrected chi connectivity index (χ0v) is 17.1. The summed E-state index contributed by atoms with van der Waals surface area (Å²) >= 11 is 12.0. The van der Waals surface area contributed by atoms with Gasteiger partial charge in [-0.2, -0.15) is 0 Å². The Morgan fingerprint density at radius 3 is 1.83 bits per heavy atom. The molecule has 0 unspecified atom stereocenters. The molecule has 0 spiro atoms. The Labute approximate surface area is 186 Å². The molecule has 0 aromatic heterocycles. The van der Waals surface area contributed by atoms with E-state index >= 15 is 0 Å². The molecule has 0 fully saturated rings. The number of carboxylic acids is 1. The molecule has 5 nitrogen and oxygen atoms in total. The summed E-state index contributed by atoms with van der Waals surface area (Å²) in [6, 6.07) is 15.6. The summed E-state index contributed by atoms with van der Waals surface area (Å²) in [5, 5.41) is 24.0. The predicted molar refractivity (Wildman–Crippen MR) is 83.2 cm³/mol. The Morgan fingerprint density at radius 1 is 0.957 bits per heavy atom. The molecule has 0 bridgehead atoms. The quantitative estimate of drug-likeness (QED) is 0.705. The van der Waals surface area contributed by atoms with Crippen molar-refractivity contribution in [1.82, 2.24) is 0 Å². The fourth-order valence-electron chi connectivity index (χ4n) is 1.34. The topological polar surface area (TPSA) is 97.7 Å². The number of hydrogen-bond donors (Lipinski definition) is 2. The third-order valence-electron chi connectivity index (χ3n) is 2.04. The number of aliphatic carboxylic acids is 1. The van der Waals surface area contributed by atoms with Crippen molar-refractivity contribution in [2.45, 2.75) is 6.92 Å². The number of carboxylic acid groups (broad SMARTS) is 3. The largest absolute Gasteiger partial charge is 1.00 e. The number of carbonyl (C=O) groups excluding carboxylic acids is 1. The van der Waals surface area contributed by atoms with Gasteiger partial charge in [-0.1, -0.05) is 65.7 Å². The van der Waals surface area contributed by atoms with Crippen molar-refractivity contribution >= 4 is 35.3 Å². The van der Waals surface area contributed by atoms with E-state index in [1.807, 2.05) is 42.5 Å². The molecule has 0 aliphatic carbocycles. The molecule has 2 aromatic carbocycles. The minimum absolute atomic E-state index is 0. The van der Waals surface area contributed by atoms with Crippen LogP contribution in [0, 0.1) is 0 Å². The fourth-order valence-corrected chi connectivity index (χ4v) is 1.75. The van der Waals surface area contributed by atoms with Gasteiger partial charge in [-0.3, -0.25) is 0 Å². The van der Waals surface area contributed by atoms with E-state index in [-0.39, 0.29) is 51.4 Å². The van der Waals surface area contributed by atoms with Crippen LogP contribution in [0.3, 0.4) is 0 Å².